The van der Waals surface area contributed by atoms with Crippen LogP contribution < -0.4 is 4.74 Å². The molecule has 0 saturated carbocycles. The Labute approximate surface area is 206 Å². The van der Waals surface area contributed by atoms with E-state index in [2.05, 4.69) is 27.0 Å². The van der Waals surface area contributed by atoms with Gasteiger partial charge in [0.25, 0.3) is 0 Å². The van der Waals surface area contributed by atoms with Gasteiger partial charge in [-0.3, -0.25) is 14.7 Å². The molecule has 8 nitrogen and oxygen atoms in total. The maximum absolute atomic E-state index is 12.8. The Morgan fingerprint density at radius 3 is 2.74 bits per heavy atom. The van der Waals surface area contributed by atoms with Gasteiger partial charge in [0.05, 0.1) is 26.3 Å². The van der Waals surface area contributed by atoms with Gasteiger partial charge in [-0.25, -0.2) is 0 Å². The number of carbonyl (C=O) groups is 1. The third kappa shape index (κ3) is 4.42. The first-order valence-electron chi connectivity index (χ1n) is 12.3. The number of methoxy groups -OCH3 is 1. The molecule has 0 radical (unpaired) electrons. The zero-order valence-corrected chi connectivity index (χ0v) is 20.8. The van der Waals surface area contributed by atoms with Crippen molar-refractivity contribution in [3.05, 3.63) is 59.5 Å². The molecular formula is C27H35N5O3. The number of hydrogen-bond donors (Lipinski definition) is 2. The summed E-state index contributed by atoms with van der Waals surface area (Å²) >= 11 is 0. The average Bonchev–Trinajstić information content (AvgIpc) is 3.24. The summed E-state index contributed by atoms with van der Waals surface area (Å²) < 4.78 is 5.48. The summed E-state index contributed by atoms with van der Waals surface area (Å²) in [5.41, 5.74) is 4.43. The Bertz CT molecular complexity index is 1180. The monoisotopic (exact) mass is 477 g/mol. The van der Waals surface area contributed by atoms with Crippen LogP contribution in [0.5, 0.6) is 5.75 Å². The number of aromatic nitrogens is 2. The van der Waals surface area contributed by atoms with Gasteiger partial charge in [0.2, 0.25) is 5.91 Å². The van der Waals surface area contributed by atoms with Crippen molar-refractivity contribution in [2.24, 2.45) is 0 Å². The number of piperidine rings is 1. The second-order valence-electron chi connectivity index (χ2n) is 10.2. The molecular weight excluding hydrogens is 442 g/mol. The number of nitrogens with zero attached hydrogens (tertiary/aromatic N) is 4. The first-order valence-corrected chi connectivity index (χ1v) is 12.3. The fourth-order valence-corrected chi connectivity index (χ4v) is 5.97. The normalized spacial score (nSPS) is 19.9. The van der Waals surface area contributed by atoms with E-state index in [0.717, 1.165) is 55.0 Å². The number of likely N-dealkylation sites (N-methyl/N-ethyl adjacent to an activating group) is 1. The molecule has 1 saturated heterocycles. The van der Waals surface area contributed by atoms with E-state index in [1.807, 2.05) is 48.3 Å². The van der Waals surface area contributed by atoms with E-state index >= 15 is 0 Å². The second kappa shape index (κ2) is 9.60. The highest BCUT2D eigenvalue weighted by Gasteiger charge is 2.47. The number of hydrogen-bond acceptors (Lipinski definition) is 6. The van der Waals surface area contributed by atoms with Gasteiger partial charge in [-0.2, -0.15) is 0 Å². The van der Waals surface area contributed by atoms with E-state index in [1.165, 1.54) is 10.9 Å². The zero-order chi connectivity index (χ0) is 24.6. The summed E-state index contributed by atoms with van der Waals surface area (Å²) in [7, 11) is 5.54. The Morgan fingerprint density at radius 1 is 1.29 bits per heavy atom. The quantitative estimate of drug-likeness (QED) is 0.568. The van der Waals surface area contributed by atoms with Gasteiger partial charge >= 0.3 is 0 Å². The standard InChI is InChI=1S/C27H35N5O3/c1-30(2)16-24(34)31-11-8-27(9-12-31)18-32(15-19-5-4-10-28-14-19)23(17-33)26-25(27)21-7-6-20(35-3)13-22(21)29-26/h4-7,10,13-14,23,29,33H,8-9,11-12,15-18H2,1-3H3/t23-/m1/s1. The van der Waals surface area contributed by atoms with Gasteiger partial charge in [0, 0.05) is 66.7 Å². The number of aliphatic hydroxyl groups is 1. The Kier molecular flexibility index (Phi) is 6.53. The van der Waals surface area contributed by atoms with E-state index in [-0.39, 0.29) is 24.0 Å². The summed E-state index contributed by atoms with van der Waals surface area (Å²) in [4.78, 5) is 27.0. The number of H-pyrrole nitrogens is 1. The molecule has 8 heteroatoms. The van der Waals surface area contributed by atoms with Crippen LogP contribution in [-0.4, -0.2) is 89.7 Å². The van der Waals surface area contributed by atoms with Crippen molar-refractivity contribution in [3.8, 4) is 5.75 Å². The maximum Gasteiger partial charge on any atom is 0.236 e. The summed E-state index contributed by atoms with van der Waals surface area (Å²) in [5, 5.41) is 11.7. The number of nitrogens with one attached hydrogen (secondary N) is 1. The predicted molar refractivity (Wildman–Crippen MR) is 135 cm³/mol. The first kappa shape index (κ1) is 23.8. The van der Waals surface area contributed by atoms with Crippen molar-refractivity contribution >= 4 is 16.8 Å². The largest absolute Gasteiger partial charge is 0.497 e. The molecule has 1 fully saturated rings. The van der Waals surface area contributed by atoms with Gasteiger partial charge in [0.15, 0.2) is 0 Å². The lowest BCUT2D eigenvalue weighted by atomic mass is 9.68. The molecule has 1 amide bonds. The molecule has 2 N–H and O–H groups in total. The summed E-state index contributed by atoms with van der Waals surface area (Å²) in [6.07, 6.45) is 5.46. The number of benzene rings is 1. The molecule has 5 rings (SSSR count). The molecule has 2 aliphatic heterocycles. The number of likely N-dealkylation sites (tertiary alicyclic amines) is 1. The van der Waals surface area contributed by atoms with Gasteiger partial charge < -0.3 is 24.6 Å². The minimum Gasteiger partial charge on any atom is -0.497 e. The lowest BCUT2D eigenvalue weighted by Crippen LogP contribution is -2.55. The first-order chi connectivity index (χ1) is 16.9. The number of aliphatic hydroxyl groups excluding tert-OH is 1. The molecule has 0 bridgehead atoms. The van der Waals surface area contributed by atoms with E-state index in [1.54, 1.807) is 13.3 Å². The molecule has 3 aromatic rings. The SMILES string of the molecule is COc1ccc2c3c([nH]c2c1)[C@@H](CO)N(Cc1cccnc1)CC31CCN(C(=O)CN(C)C)CC1. The van der Waals surface area contributed by atoms with Crippen LogP contribution in [0.1, 0.15) is 35.7 Å². The lowest BCUT2D eigenvalue weighted by molar-refractivity contribution is -0.133. The van der Waals surface area contributed by atoms with E-state index in [0.29, 0.717) is 13.1 Å². The smallest absolute Gasteiger partial charge is 0.236 e. The molecule has 0 unspecified atom stereocenters. The Balaban J connectivity index is 1.55. The number of aromatic amines is 1. The molecule has 1 aromatic carbocycles. The van der Waals surface area contributed by atoms with Crippen LogP contribution in [0.3, 0.4) is 0 Å². The highest BCUT2D eigenvalue weighted by Crippen LogP contribution is 2.49. The fourth-order valence-electron chi connectivity index (χ4n) is 5.97. The second-order valence-corrected chi connectivity index (χ2v) is 10.2. The van der Waals surface area contributed by atoms with Gasteiger partial charge in [-0.15, -0.1) is 0 Å². The number of ether oxygens (including phenoxy) is 1. The molecule has 186 valence electrons. The van der Waals surface area contributed by atoms with E-state index in [4.69, 9.17) is 4.74 Å². The van der Waals surface area contributed by atoms with Crippen molar-refractivity contribution in [1.82, 2.24) is 24.7 Å². The van der Waals surface area contributed by atoms with Crippen LogP contribution in [0.4, 0.5) is 0 Å². The van der Waals surface area contributed by atoms with Crippen LogP contribution in [-0.2, 0) is 16.8 Å². The van der Waals surface area contributed by atoms with Crippen molar-refractivity contribution in [1.29, 1.82) is 0 Å². The Morgan fingerprint density at radius 2 is 2.09 bits per heavy atom. The molecule has 35 heavy (non-hydrogen) atoms. The van der Waals surface area contributed by atoms with Crippen molar-refractivity contribution in [3.63, 3.8) is 0 Å². The molecule has 1 atom stereocenters. The predicted octanol–water partition coefficient (Wildman–Crippen LogP) is 2.54. The third-order valence-corrected chi connectivity index (χ3v) is 7.65. The van der Waals surface area contributed by atoms with Crippen molar-refractivity contribution in [2.45, 2.75) is 30.8 Å². The Hall–Kier alpha value is -2.94. The van der Waals surface area contributed by atoms with Gasteiger partial charge in [-0.1, -0.05) is 6.07 Å². The molecule has 2 aromatic heterocycles. The highest BCUT2D eigenvalue weighted by molar-refractivity contribution is 5.88. The maximum atomic E-state index is 12.8. The molecule has 0 aliphatic carbocycles. The number of amides is 1. The van der Waals surface area contributed by atoms with Gasteiger partial charge in [-0.05, 0) is 56.3 Å². The average molecular weight is 478 g/mol. The molecule has 2 aliphatic rings. The van der Waals surface area contributed by atoms with Crippen LogP contribution in [0.15, 0.2) is 42.7 Å². The molecule has 1 spiro atoms. The topological polar surface area (TPSA) is 84.9 Å². The van der Waals surface area contributed by atoms with Crippen LogP contribution in [0, 0.1) is 0 Å². The fraction of sp³-hybridized carbons (Fsp3) is 0.481. The highest BCUT2D eigenvalue weighted by atomic mass is 16.5. The van der Waals surface area contributed by atoms with Crippen LogP contribution in [0.2, 0.25) is 0 Å². The number of pyridine rings is 1. The summed E-state index contributed by atoms with van der Waals surface area (Å²) in [5.74, 6) is 0.993. The third-order valence-electron chi connectivity index (χ3n) is 7.65. The minimum absolute atomic E-state index is 0.0285. The summed E-state index contributed by atoms with van der Waals surface area (Å²) in [6, 6.07) is 10.1. The lowest BCUT2D eigenvalue weighted by Gasteiger charge is -2.50. The zero-order valence-electron chi connectivity index (χ0n) is 20.8. The summed E-state index contributed by atoms with van der Waals surface area (Å²) in [6.45, 7) is 3.47. The number of rotatable bonds is 6. The minimum atomic E-state index is -0.136. The number of fused-ring (bicyclic) bond motifs is 4. The van der Waals surface area contributed by atoms with Crippen LogP contribution in [0.25, 0.3) is 10.9 Å². The van der Waals surface area contributed by atoms with E-state index in [9.17, 15) is 9.90 Å². The number of carbonyl (C=O) groups excluding carboxylic acids is 1. The van der Waals surface area contributed by atoms with Crippen molar-refractivity contribution < 1.29 is 14.6 Å². The van der Waals surface area contributed by atoms with Crippen LogP contribution >= 0.6 is 0 Å². The van der Waals surface area contributed by atoms with Gasteiger partial charge in [0.1, 0.15) is 5.75 Å². The van der Waals surface area contributed by atoms with E-state index < -0.39 is 0 Å². The van der Waals surface area contributed by atoms with Crippen molar-refractivity contribution in [2.75, 3.05) is 54.0 Å². The molecule has 4 heterocycles.